The second-order valence-electron chi connectivity index (χ2n) is 10.5. The molecule has 2 fully saturated rings. The van der Waals surface area contributed by atoms with E-state index in [1.54, 1.807) is 0 Å². The number of piperazine rings is 1. The van der Waals surface area contributed by atoms with Gasteiger partial charge in [-0.2, -0.15) is 0 Å². The van der Waals surface area contributed by atoms with Crippen LogP contribution in [0.3, 0.4) is 0 Å². The Hall–Kier alpha value is -3.22. The predicted octanol–water partition coefficient (Wildman–Crippen LogP) is 4.93. The van der Waals surface area contributed by atoms with E-state index in [2.05, 4.69) is 75.9 Å². The highest BCUT2D eigenvalue weighted by molar-refractivity contribution is 5.91. The minimum Gasteiger partial charge on any atom is -0.369 e. The predicted molar refractivity (Wildman–Crippen MR) is 147 cm³/mol. The Labute approximate surface area is 214 Å². The molecule has 2 aromatic carbocycles. The quantitative estimate of drug-likeness (QED) is 0.450. The van der Waals surface area contributed by atoms with Gasteiger partial charge in [0.15, 0.2) is 5.65 Å². The number of benzene rings is 2. The van der Waals surface area contributed by atoms with Crippen LogP contribution < -0.4 is 4.90 Å². The van der Waals surface area contributed by atoms with Gasteiger partial charge in [0.25, 0.3) is 0 Å². The second kappa shape index (κ2) is 9.68. The number of fused-ring (bicyclic) bond motifs is 1. The van der Waals surface area contributed by atoms with E-state index in [-0.39, 0.29) is 0 Å². The summed E-state index contributed by atoms with van der Waals surface area (Å²) in [7, 11) is 2.24. The second-order valence-corrected chi connectivity index (χ2v) is 10.5. The van der Waals surface area contributed by atoms with Crippen molar-refractivity contribution < 1.29 is 0 Å². The molecular formula is C30H35N6. The van der Waals surface area contributed by atoms with Crippen LogP contribution in [-0.2, 0) is 0 Å². The average Bonchev–Trinajstić information content (AvgIpc) is 3.33. The molecule has 6 nitrogen and oxygen atoms in total. The van der Waals surface area contributed by atoms with Crippen LogP contribution in [0.1, 0.15) is 24.0 Å². The molecule has 0 bridgehead atoms. The largest absolute Gasteiger partial charge is 0.369 e. The number of aryl methyl sites for hydroxylation is 2. The molecule has 0 unspecified atom stereocenters. The van der Waals surface area contributed by atoms with Gasteiger partial charge in [-0.25, -0.2) is 9.97 Å². The van der Waals surface area contributed by atoms with Crippen molar-refractivity contribution >= 4 is 16.9 Å². The van der Waals surface area contributed by atoms with Gasteiger partial charge >= 0.3 is 0 Å². The molecule has 0 atom stereocenters. The highest BCUT2D eigenvalue weighted by atomic mass is 15.3. The minimum atomic E-state index is 0.758. The van der Waals surface area contributed by atoms with Gasteiger partial charge in [-0.1, -0.05) is 24.3 Å². The van der Waals surface area contributed by atoms with Crippen LogP contribution in [-0.4, -0.2) is 77.1 Å². The molecule has 2 aliphatic rings. The molecule has 1 radical (unpaired) electrons. The number of aromatic amines is 1. The molecule has 2 saturated heterocycles. The normalized spacial score (nSPS) is 18.2. The summed E-state index contributed by atoms with van der Waals surface area (Å²) in [6.07, 6.45) is 6.49. The number of hydrogen-bond donors (Lipinski definition) is 1. The van der Waals surface area contributed by atoms with E-state index in [4.69, 9.17) is 4.98 Å². The first-order valence-electron chi connectivity index (χ1n) is 13.2. The van der Waals surface area contributed by atoms with Crippen molar-refractivity contribution in [1.82, 2.24) is 24.8 Å². The zero-order valence-corrected chi connectivity index (χ0v) is 21.6. The SMILES string of the molecule is Cc1cc(-c2cnc3[nH]cc(-c4cc[c]cc4)c3n2)cc(C)c1N1CCN(C2CCN(C)CC2)CC1. The fourth-order valence-electron chi connectivity index (χ4n) is 6.09. The summed E-state index contributed by atoms with van der Waals surface area (Å²) in [6, 6.07) is 16.4. The molecule has 4 aromatic rings. The van der Waals surface area contributed by atoms with Gasteiger partial charge in [-0.15, -0.1) is 0 Å². The molecule has 4 heterocycles. The third kappa shape index (κ3) is 4.40. The number of rotatable bonds is 4. The standard InChI is InChI=1S/C30H35N6/c1-21-17-24(27-20-32-30-28(33-27)26(19-31-30)23-7-5-4-6-8-23)18-22(2)29(21)36-15-13-35(14-16-36)25-9-11-34(3)12-10-25/h5-8,17-20,25H,9-16H2,1-3H3,(H,31,32). The number of H-pyrrole nitrogens is 1. The summed E-state index contributed by atoms with van der Waals surface area (Å²) in [5.41, 5.74) is 9.96. The molecular weight excluding hydrogens is 444 g/mol. The van der Waals surface area contributed by atoms with Gasteiger partial charge in [-0.05, 0) is 81.7 Å². The lowest BCUT2D eigenvalue weighted by Gasteiger charge is -2.43. The Balaban J connectivity index is 1.23. The van der Waals surface area contributed by atoms with Gasteiger partial charge in [0.05, 0.1) is 11.9 Å². The Kier molecular flexibility index (Phi) is 6.23. The van der Waals surface area contributed by atoms with E-state index < -0.39 is 0 Å². The Morgan fingerprint density at radius 1 is 0.917 bits per heavy atom. The Morgan fingerprint density at radius 2 is 1.61 bits per heavy atom. The summed E-state index contributed by atoms with van der Waals surface area (Å²) < 4.78 is 0. The first-order valence-corrected chi connectivity index (χ1v) is 13.2. The summed E-state index contributed by atoms with van der Waals surface area (Å²) >= 11 is 0. The number of likely N-dealkylation sites (tertiary alicyclic amines) is 1. The van der Waals surface area contributed by atoms with Crippen molar-refractivity contribution in [3.63, 3.8) is 0 Å². The van der Waals surface area contributed by atoms with Crippen LogP contribution in [0, 0.1) is 19.9 Å². The summed E-state index contributed by atoms with van der Waals surface area (Å²) in [5, 5.41) is 0. The molecule has 2 aromatic heterocycles. The smallest absolute Gasteiger partial charge is 0.156 e. The molecule has 2 aliphatic heterocycles. The Morgan fingerprint density at radius 3 is 2.31 bits per heavy atom. The topological polar surface area (TPSA) is 51.3 Å². The molecule has 185 valence electrons. The van der Waals surface area contributed by atoms with Crippen LogP contribution in [0.15, 0.2) is 48.8 Å². The minimum absolute atomic E-state index is 0.758. The molecule has 0 spiro atoms. The first-order chi connectivity index (χ1) is 17.6. The van der Waals surface area contributed by atoms with E-state index >= 15 is 0 Å². The van der Waals surface area contributed by atoms with E-state index in [0.29, 0.717) is 0 Å². The zero-order chi connectivity index (χ0) is 24.6. The maximum absolute atomic E-state index is 5.05. The fourth-order valence-corrected chi connectivity index (χ4v) is 6.09. The van der Waals surface area contributed by atoms with Gasteiger partial charge in [0, 0.05) is 55.2 Å². The molecule has 6 heteroatoms. The maximum Gasteiger partial charge on any atom is 0.156 e. The van der Waals surface area contributed by atoms with Crippen molar-refractivity contribution in [2.24, 2.45) is 0 Å². The average molecular weight is 480 g/mol. The monoisotopic (exact) mass is 479 g/mol. The molecule has 36 heavy (non-hydrogen) atoms. The number of nitrogens with zero attached hydrogens (tertiary/aromatic N) is 5. The van der Waals surface area contributed by atoms with E-state index in [0.717, 1.165) is 65.8 Å². The number of hydrogen-bond acceptors (Lipinski definition) is 5. The Bertz CT molecular complexity index is 1320. The summed E-state index contributed by atoms with van der Waals surface area (Å²) in [5.74, 6) is 0. The lowest BCUT2D eigenvalue weighted by molar-refractivity contribution is 0.115. The lowest BCUT2D eigenvalue weighted by atomic mass is 9.99. The molecule has 1 N–H and O–H groups in total. The third-order valence-electron chi connectivity index (χ3n) is 8.03. The van der Waals surface area contributed by atoms with Crippen LogP contribution in [0.2, 0.25) is 0 Å². The first kappa shape index (κ1) is 23.2. The zero-order valence-electron chi connectivity index (χ0n) is 21.6. The number of nitrogens with one attached hydrogen (secondary N) is 1. The van der Waals surface area contributed by atoms with Crippen molar-refractivity contribution in [2.75, 3.05) is 51.2 Å². The van der Waals surface area contributed by atoms with Crippen LogP contribution in [0.5, 0.6) is 0 Å². The van der Waals surface area contributed by atoms with E-state index in [9.17, 15) is 0 Å². The van der Waals surface area contributed by atoms with Gasteiger partial charge in [0.2, 0.25) is 0 Å². The van der Waals surface area contributed by atoms with Gasteiger partial charge in [0.1, 0.15) is 5.52 Å². The molecule has 0 aliphatic carbocycles. The fraction of sp³-hybridized carbons (Fsp3) is 0.400. The highest BCUT2D eigenvalue weighted by Gasteiger charge is 2.27. The van der Waals surface area contributed by atoms with Crippen LogP contribution in [0.4, 0.5) is 5.69 Å². The van der Waals surface area contributed by atoms with Crippen LogP contribution in [0.25, 0.3) is 33.5 Å². The number of aromatic nitrogens is 3. The number of anilines is 1. The lowest BCUT2D eigenvalue weighted by Crippen LogP contribution is -2.53. The summed E-state index contributed by atoms with van der Waals surface area (Å²) in [6.45, 7) is 11.4. The van der Waals surface area contributed by atoms with E-state index in [1.807, 2.05) is 24.5 Å². The summed E-state index contributed by atoms with van der Waals surface area (Å²) in [4.78, 5) is 20.8. The van der Waals surface area contributed by atoms with Crippen molar-refractivity contribution in [3.8, 4) is 22.4 Å². The molecule has 0 amide bonds. The van der Waals surface area contributed by atoms with E-state index in [1.165, 1.54) is 42.7 Å². The molecule has 6 rings (SSSR count). The van der Waals surface area contributed by atoms with Crippen molar-refractivity contribution in [2.45, 2.75) is 32.7 Å². The maximum atomic E-state index is 5.05. The highest BCUT2D eigenvalue weighted by Crippen LogP contribution is 2.33. The van der Waals surface area contributed by atoms with Crippen molar-refractivity contribution in [3.05, 3.63) is 66.0 Å². The number of piperidine rings is 1. The van der Waals surface area contributed by atoms with Crippen LogP contribution >= 0.6 is 0 Å². The van der Waals surface area contributed by atoms with Crippen molar-refractivity contribution in [1.29, 1.82) is 0 Å². The molecule has 0 saturated carbocycles. The van der Waals surface area contributed by atoms with Gasteiger partial charge < -0.3 is 14.8 Å². The van der Waals surface area contributed by atoms with Gasteiger partial charge in [-0.3, -0.25) is 4.90 Å². The third-order valence-corrected chi connectivity index (χ3v) is 8.03.